The first-order valence-electron chi connectivity index (χ1n) is 8.23. The monoisotopic (exact) mass is 421 g/mol. The van der Waals surface area contributed by atoms with Crippen LogP contribution < -0.4 is 35.1 Å². The van der Waals surface area contributed by atoms with Gasteiger partial charge in [0.15, 0.2) is 7.05 Å². The minimum Gasteiger partial charge on any atom is -0.398 e. The average molecular weight is 422 g/mol. The number of rotatable bonds is 2. The van der Waals surface area contributed by atoms with Gasteiger partial charge in [0, 0.05) is 12.6 Å². The van der Waals surface area contributed by atoms with Crippen LogP contribution in [0.25, 0.3) is 0 Å². The smallest absolute Gasteiger partial charge is 0.338 e. The van der Waals surface area contributed by atoms with Crippen LogP contribution in [0.4, 0.5) is 22.7 Å². The van der Waals surface area contributed by atoms with Gasteiger partial charge in [-0.25, -0.2) is 23.6 Å². The van der Waals surface area contributed by atoms with Gasteiger partial charge in [-0.1, -0.05) is 23.2 Å². The zero-order valence-corrected chi connectivity index (χ0v) is 16.7. The normalized spacial score (nSPS) is 15.6. The van der Waals surface area contributed by atoms with Gasteiger partial charge in [-0.2, -0.15) is 0 Å². The number of para-hydroxylation sites is 1. The topological polar surface area (TPSA) is 180 Å². The molecule has 0 atom stereocenters. The molecule has 2 aromatic rings. The predicted molar refractivity (Wildman–Crippen MR) is 97.9 cm³/mol. The van der Waals surface area contributed by atoms with Crippen LogP contribution in [0.2, 0.25) is 0 Å². The van der Waals surface area contributed by atoms with Crippen LogP contribution in [-0.2, 0) is 4.79 Å². The zero-order chi connectivity index (χ0) is 21.9. The summed E-state index contributed by atoms with van der Waals surface area (Å²) in [6.45, 7) is 3.74. The van der Waals surface area contributed by atoms with Crippen LogP contribution in [0.3, 0.4) is 0 Å². The molecule has 1 heterocycles. The molecule has 29 heavy (non-hydrogen) atoms. The van der Waals surface area contributed by atoms with Crippen molar-refractivity contribution < 1.29 is 38.4 Å². The molecule has 3 rings (SSSR count). The first kappa shape index (κ1) is 22.3. The highest BCUT2D eigenvalue weighted by molar-refractivity contribution is 6.69. The van der Waals surface area contributed by atoms with Gasteiger partial charge >= 0.3 is 5.91 Å². The molecular formula is C18H20ClN5O5. The van der Waals surface area contributed by atoms with Gasteiger partial charge in [-0.3, -0.25) is 4.79 Å². The van der Waals surface area contributed by atoms with Crippen LogP contribution >= 0.6 is 0 Å². The predicted octanol–water partition coefficient (Wildman–Crippen LogP) is -2.46. The van der Waals surface area contributed by atoms with Gasteiger partial charge in [-0.05, 0) is 36.8 Å². The van der Waals surface area contributed by atoms with Crippen LogP contribution in [0.15, 0.2) is 47.5 Å². The Labute approximate surface area is 169 Å². The number of hydrazone groups is 1. The first-order chi connectivity index (χ1) is 13.4. The Bertz CT molecular complexity index is 980. The summed E-state index contributed by atoms with van der Waals surface area (Å²) in [5, 5.41) is 1.59. The van der Waals surface area contributed by atoms with Gasteiger partial charge in [0.05, 0.1) is 11.4 Å². The zero-order valence-electron chi connectivity index (χ0n) is 16.0. The van der Waals surface area contributed by atoms with Crippen molar-refractivity contribution in [2.24, 2.45) is 4.99 Å². The van der Waals surface area contributed by atoms with E-state index in [9.17, 15) is 4.79 Å². The number of benzene rings is 2. The maximum atomic E-state index is 12.9. The largest absolute Gasteiger partial charge is 0.398 e. The van der Waals surface area contributed by atoms with E-state index in [2.05, 4.69) is 4.99 Å². The molecule has 0 aliphatic carbocycles. The lowest BCUT2D eigenvalue weighted by Crippen LogP contribution is -2.68. The minimum atomic E-state index is -4.94. The van der Waals surface area contributed by atoms with E-state index in [1.54, 1.807) is 21.8 Å². The van der Waals surface area contributed by atoms with Crippen molar-refractivity contribution in [1.29, 1.82) is 0 Å². The number of aryl methyl sites for hydroxylation is 1. The summed E-state index contributed by atoms with van der Waals surface area (Å²) < 4.78 is 35.8. The fraction of sp³-hybridized carbons (Fsp3) is 0.167. The maximum absolute atomic E-state index is 12.9. The minimum absolute atomic E-state index is 0.185. The third kappa shape index (κ3) is 5.50. The van der Waals surface area contributed by atoms with Crippen molar-refractivity contribution in [3.63, 3.8) is 0 Å². The fourth-order valence-corrected chi connectivity index (χ4v) is 2.63. The van der Waals surface area contributed by atoms with Crippen molar-refractivity contribution in [2.45, 2.75) is 13.8 Å². The van der Waals surface area contributed by atoms with Crippen LogP contribution in [0.5, 0.6) is 0 Å². The number of amides is 1. The molecule has 10 nitrogen and oxygen atoms in total. The molecule has 0 radical (unpaired) electrons. The molecule has 1 amide bonds. The van der Waals surface area contributed by atoms with Crippen molar-refractivity contribution in [3.05, 3.63) is 48.0 Å². The number of nitrogens with zero attached hydrogens (tertiary/aromatic N) is 3. The molecular weight excluding hydrogens is 402 g/mol. The fourth-order valence-electron chi connectivity index (χ4n) is 2.63. The Morgan fingerprint density at radius 3 is 2.10 bits per heavy atom. The molecule has 0 bridgehead atoms. The summed E-state index contributed by atoms with van der Waals surface area (Å²) in [5.74, 6) is -0.185. The number of hydrazine groups is 1. The standard InChI is InChI=1S/C18H19N5O.ClHO4/c1-11-9-16(15(20)10-14(11)19)21-17-12(2)22(3)23(18(17)24)13-7-5-4-6-8-13;2-1(3,4)5/h4-10H,1-3H3,(H3,19,20);(H,2,3,4,5). The van der Waals surface area contributed by atoms with Crippen LogP contribution in [0.1, 0.15) is 12.5 Å². The second kappa shape index (κ2) is 8.55. The molecule has 0 saturated heterocycles. The highest BCUT2D eigenvalue weighted by Gasteiger charge is 2.41. The SMILES string of the molecule is CC1=[N+](C)N(c2ccccc2)C(=O)C1=Nc1cc(C)c(N)cc1N.[O-][Cl+3]([O-])([O-])[O-]. The number of nitrogens with two attached hydrogens (primary N) is 2. The van der Waals surface area contributed by atoms with Gasteiger partial charge in [-0.15, -0.1) is 14.9 Å². The van der Waals surface area contributed by atoms with E-state index in [4.69, 9.17) is 30.1 Å². The quantitative estimate of drug-likeness (QED) is 0.398. The van der Waals surface area contributed by atoms with Gasteiger partial charge in [0.25, 0.3) is 0 Å². The van der Waals surface area contributed by atoms with E-state index in [0.29, 0.717) is 22.8 Å². The Morgan fingerprint density at radius 2 is 1.55 bits per heavy atom. The Morgan fingerprint density at radius 1 is 1.00 bits per heavy atom. The Balaban J connectivity index is 0.000000537. The van der Waals surface area contributed by atoms with Crippen molar-refractivity contribution in [1.82, 2.24) is 0 Å². The average Bonchev–Trinajstić information content (AvgIpc) is 2.82. The molecule has 0 aromatic heterocycles. The summed E-state index contributed by atoms with van der Waals surface area (Å²) in [7, 11) is -3.11. The third-order valence-corrected chi connectivity index (χ3v) is 4.17. The summed E-state index contributed by atoms with van der Waals surface area (Å²) in [6.07, 6.45) is 0. The van der Waals surface area contributed by atoms with E-state index >= 15 is 0 Å². The second-order valence-electron chi connectivity index (χ2n) is 6.17. The highest BCUT2D eigenvalue weighted by Crippen LogP contribution is 2.29. The number of hydrogen-bond acceptors (Lipinski definition) is 8. The number of hydrogen-bond donors (Lipinski definition) is 2. The molecule has 1 aliphatic rings. The van der Waals surface area contributed by atoms with E-state index in [0.717, 1.165) is 17.0 Å². The molecule has 1 aliphatic heterocycles. The number of aliphatic imine (C=N–C) groups is 1. The molecule has 0 spiro atoms. The van der Waals surface area contributed by atoms with E-state index in [-0.39, 0.29) is 5.91 Å². The number of anilines is 3. The summed E-state index contributed by atoms with van der Waals surface area (Å²) in [6, 6.07) is 12.9. The summed E-state index contributed by atoms with van der Waals surface area (Å²) in [4.78, 5) is 17.4. The molecule has 0 unspecified atom stereocenters. The van der Waals surface area contributed by atoms with Crippen molar-refractivity contribution >= 4 is 40.1 Å². The molecule has 2 aromatic carbocycles. The third-order valence-electron chi connectivity index (χ3n) is 4.17. The number of carbonyl (C=O) groups excluding carboxylic acids is 1. The van der Waals surface area contributed by atoms with E-state index < -0.39 is 10.2 Å². The summed E-state index contributed by atoms with van der Waals surface area (Å²) in [5.41, 5.74) is 16.3. The van der Waals surface area contributed by atoms with Crippen molar-refractivity contribution in [2.75, 3.05) is 23.5 Å². The lowest BCUT2D eigenvalue weighted by molar-refractivity contribution is -2.00. The lowest BCUT2D eigenvalue weighted by atomic mass is 10.1. The van der Waals surface area contributed by atoms with Crippen LogP contribution in [0, 0.1) is 17.2 Å². The van der Waals surface area contributed by atoms with Gasteiger partial charge < -0.3 is 11.5 Å². The second-order valence-corrected chi connectivity index (χ2v) is 6.92. The summed E-state index contributed by atoms with van der Waals surface area (Å²) >= 11 is 0. The van der Waals surface area contributed by atoms with Gasteiger partial charge in [0.1, 0.15) is 5.69 Å². The Hall–Kier alpha value is -3.02. The molecule has 154 valence electrons. The van der Waals surface area contributed by atoms with E-state index in [1.807, 2.05) is 51.2 Å². The van der Waals surface area contributed by atoms with E-state index in [1.165, 1.54) is 0 Å². The molecule has 0 saturated carbocycles. The number of nitrogen functional groups attached to an aromatic ring is 2. The van der Waals surface area contributed by atoms with Gasteiger partial charge in [0.2, 0.25) is 11.4 Å². The van der Waals surface area contributed by atoms with Crippen molar-refractivity contribution in [3.8, 4) is 0 Å². The van der Waals surface area contributed by atoms with Crippen LogP contribution in [-0.4, -0.2) is 29.1 Å². The molecule has 4 N–H and O–H groups in total. The lowest BCUT2D eigenvalue weighted by Gasteiger charge is -2.17. The maximum Gasteiger partial charge on any atom is 0.338 e. The molecule has 0 fully saturated rings. The highest BCUT2D eigenvalue weighted by atomic mass is 35.7. The number of carbonyl (C=O) groups is 1. The number of halogens is 1. The Kier molecular flexibility index (Phi) is 6.57. The first-order valence-corrected chi connectivity index (χ1v) is 9.46. The molecule has 11 heteroatoms.